The lowest BCUT2D eigenvalue weighted by molar-refractivity contribution is 0.560. The third-order valence-corrected chi connectivity index (χ3v) is 5.20. The molecule has 1 aromatic rings. The highest BCUT2D eigenvalue weighted by Gasteiger charge is 2.20. The minimum atomic E-state index is -3.26. The Morgan fingerprint density at radius 1 is 1.53 bits per heavy atom. The summed E-state index contributed by atoms with van der Waals surface area (Å²) < 4.78 is 26.4. The van der Waals surface area contributed by atoms with Crippen molar-refractivity contribution in [3.8, 4) is 0 Å². The summed E-state index contributed by atoms with van der Waals surface area (Å²) in [5.41, 5.74) is 2.61. The molecule has 1 rings (SSSR count). The minimum Gasteiger partial charge on any atom is -0.316 e. The molecule has 98 valence electrons. The molecule has 0 spiro atoms. The van der Waals surface area contributed by atoms with E-state index in [1.165, 1.54) is 11.3 Å². The molecule has 0 aliphatic carbocycles. The maximum absolute atomic E-state index is 11.9. The van der Waals surface area contributed by atoms with E-state index >= 15 is 0 Å². The van der Waals surface area contributed by atoms with Crippen LogP contribution in [0.15, 0.2) is 5.51 Å². The Bertz CT molecular complexity index is 442. The van der Waals surface area contributed by atoms with E-state index in [2.05, 4.69) is 15.0 Å². The van der Waals surface area contributed by atoms with E-state index in [0.29, 0.717) is 13.1 Å². The zero-order valence-corrected chi connectivity index (χ0v) is 12.0. The van der Waals surface area contributed by atoms with Crippen molar-refractivity contribution in [2.45, 2.75) is 32.6 Å². The summed E-state index contributed by atoms with van der Waals surface area (Å²) in [6.45, 7) is 7.09. The summed E-state index contributed by atoms with van der Waals surface area (Å²) in [6, 6.07) is 0. The van der Waals surface area contributed by atoms with E-state index in [1.54, 1.807) is 12.4 Å². The smallest absolute Gasteiger partial charge is 0.215 e. The van der Waals surface area contributed by atoms with Gasteiger partial charge in [0.05, 0.1) is 16.5 Å². The second kappa shape index (κ2) is 6.44. The summed E-state index contributed by atoms with van der Waals surface area (Å²) in [6.07, 6.45) is 0. The van der Waals surface area contributed by atoms with Gasteiger partial charge < -0.3 is 5.32 Å². The zero-order chi connectivity index (χ0) is 12.9. The zero-order valence-electron chi connectivity index (χ0n) is 10.4. The second-order valence-corrected chi connectivity index (χ2v) is 6.97. The van der Waals surface area contributed by atoms with Crippen LogP contribution >= 0.6 is 11.3 Å². The van der Waals surface area contributed by atoms with Crippen LogP contribution in [0.1, 0.15) is 24.4 Å². The highest BCUT2D eigenvalue weighted by Crippen LogP contribution is 2.12. The van der Waals surface area contributed by atoms with Gasteiger partial charge in [0.1, 0.15) is 0 Å². The summed E-state index contributed by atoms with van der Waals surface area (Å²) in [4.78, 5) is 5.05. The Kier molecular flexibility index (Phi) is 5.51. The molecule has 5 nitrogen and oxygen atoms in total. The summed E-state index contributed by atoms with van der Waals surface area (Å²) in [5, 5.41) is 2.60. The number of hydrogen-bond donors (Lipinski definition) is 2. The molecule has 0 aromatic carbocycles. The molecule has 1 heterocycles. The molecule has 1 aromatic heterocycles. The van der Waals surface area contributed by atoms with Gasteiger partial charge in [-0.15, -0.1) is 11.3 Å². The van der Waals surface area contributed by atoms with Gasteiger partial charge in [0.2, 0.25) is 10.0 Å². The van der Waals surface area contributed by atoms with Crippen LogP contribution in [0.5, 0.6) is 0 Å². The molecular weight excluding hydrogens is 258 g/mol. The maximum Gasteiger partial charge on any atom is 0.215 e. The Morgan fingerprint density at radius 2 is 2.24 bits per heavy atom. The van der Waals surface area contributed by atoms with Crippen molar-refractivity contribution in [3.63, 3.8) is 0 Å². The molecule has 0 radical (unpaired) electrons. The average molecular weight is 277 g/mol. The van der Waals surface area contributed by atoms with Crippen molar-refractivity contribution in [2.75, 3.05) is 13.1 Å². The summed E-state index contributed by atoms with van der Waals surface area (Å²) in [5.74, 6) is 0. The quantitative estimate of drug-likeness (QED) is 0.776. The third-order valence-electron chi connectivity index (χ3n) is 2.49. The topological polar surface area (TPSA) is 71.1 Å². The molecule has 0 saturated carbocycles. The van der Waals surface area contributed by atoms with Crippen molar-refractivity contribution in [1.29, 1.82) is 0 Å². The van der Waals surface area contributed by atoms with Crippen LogP contribution in [-0.2, 0) is 16.6 Å². The fraction of sp³-hybridized carbons (Fsp3) is 0.700. The maximum atomic E-state index is 11.9. The number of aryl methyl sites for hydroxylation is 1. The van der Waals surface area contributed by atoms with Gasteiger partial charge in [-0.2, -0.15) is 0 Å². The largest absolute Gasteiger partial charge is 0.316 e. The third kappa shape index (κ3) is 4.34. The van der Waals surface area contributed by atoms with E-state index in [1.807, 2.05) is 13.8 Å². The summed E-state index contributed by atoms with van der Waals surface area (Å²) >= 11 is 1.47. The SMILES string of the molecule is CCNCC(C)S(=O)(=O)NCc1scnc1C. The lowest BCUT2D eigenvalue weighted by Crippen LogP contribution is -2.38. The van der Waals surface area contributed by atoms with Gasteiger partial charge in [0.15, 0.2) is 0 Å². The molecule has 0 bridgehead atoms. The van der Waals surface area contributed by atoms with Crippen LogP contribution in [-0.4, -0.2) is 31.7 Å². The van der Waals surface area contributed by atoms with Crippen molar-refractivity contribution >= 4 is 21.4 Å². The van der Waals surface area contributed by atoms with E-state index < -0.39 is 15.3 Å². The van der Waals surface area contributed by atoms with Crippen LogP contribution in [0.2, 0.25) is 0 Å². The fourth-order valence-corrected chi connectivity index (χ4v) is 3.04. The molecule has 0 saturated heterocycles. The molecule has 0 aliphatic rings. The van der Waals surface area contributed by atoms with E-state index in [0.717, 1.165) is 17.1 Å². The monoisotopic (exact) mass is 277 g/mol. The first-order valence-corrected chi connectivity index (χ1v) is 7.98. The van der Waals surface area contributed by atoms with Crippen LogP contribution in [0.3, 0.4) is 0 Å². The molecule has 0 amide bonds. The molecule has 1 atom stereocenters. The van der Waals surface area contributed by atoms with Gasteiger partial charge in [0, 0.05) is 18.0 Å². The van der Waals surface area contributed by atoms with Crippen LogP contribution in [0, 0.1) is 6.92 Å². The Labute approximate surface area is 107 Å². The predicted molar refractivity (Wildman–Crippen MR) is 70.6 cm³/mol. The van der Waals surface area contributed by atoms with Gasteiger partial charge in [-0.3, -0.25) is 0 Å². The number of sulfonamides is 1. The van der Waals surface area contributed by atoms with Gasteiger partial charge in [-0.25, -0.2) is 18.1 Å². The minimum absolute atomic E-state index is 0.329. The van der Waals surface area contributed by atoms with E-state index in [9.17, 15) is 8.42 Å². The Morgan fingerprint density at radius 3 is 2.76 bits per heavy atom. The first kappa shape index (κ1) is 14.6. The van der Waals surface area contributed by atoms with Gasteiger partial charge in [-0.05, 0) is 20.4 Å². The highest BCUT2D eigenvalue weighted by molar-refractivity contribution is 7.90. The normalized spacial score (nSPS) is 13.8. The molecule has 17 heavy (non-hydrogen) atoms. The standard InChI is InChI=1S/C10H19N3O2S2/c1-4-11-5-8(2)17(14,15)13-6-10-9(3)12-7-16-10/h7-8,11,13H,4-6H2,1-3H3. The average Bonchev–Trinajstić information content (AvgIpc) is 2.69. The second-order valence-electron chi connectivity index (χ2n) is 3.85. The molecule has 0 aliphatic heterocycles. The van der Waals surface area contributed by atoms with Crippen molar-refractivity contribution < 1.29 is 8.42 Å². The van der Waals surface area contributed by atoms with Crippen molar-refractivity contribution in [1.82, 2.24) is 15.0 Å². The predicted octanol–water partition coefficient (Wildman–Crippen LogP) is 0.869. The first-order chi connectivity index (χ1) is 7.97. The van der Waals surface area contributed by atoms with Gasteiger partial charge >= 0.3 is 0 Å². The lowest BCUT2D eigenvalue weighted by Gasteiger charge is -2.13. The highest BCUT2D eigenvalue weighted by atomic mass is 32.2. The lowest BCUT2D eigenvalue weighted by atomic mass is 10.4. The Hall–Kier alpha value is -0.500. The number of hydrogen-bond acceptors (Lipinski definition) is 5. The molecule has 0 fully saturated rings. The van der Waals surface area contributed by atoms with E-state index in [-0.39, 0.29) is 0 Å². The number of rotatable bonds is 7. The number of nitrogens with zero attached hydrogens (tertiary/aromatic N) is 1. The fourth-order valence-electron chi connectivity index (χ4n) is 1.26. The van der Waals surface area contributed by atoms with E-state index in [4.69, 9.17) is 0 Å². The molecule has 1 unspecified atom stereocenters. The van der Waals surface area contributed by atoms with Gasteiger partial charge in [0.25, 0.3) is 0 Å². The Balaban J connectivity index is 2.52. The number of aromatic nitrogens is 1. The van der Waals surface area contributed by atoms with Crippen LogP contribution < -0.4 is 10.0 Å². The molecule has 2 N–H and O–H groups in total. The van der Waals surface area contributed by atoms with Crippen molar-refractivity contribution in [2.24, 2.45) is 0 Å². The van der Waals surface area contributed by atoms with Gasteiger partial charge in [-0.1, -0.05) is 6.92 Å². The molecule has 7 heteroatoms. The van der Waals surface area contributed by atoms with Crippen LogP contribution in [0.25, 0.3) is 0 Å². The van der Waals surface area contributed by atoms with Crippen LogP contribution in [0.4, 0.5) is 0 Å². The molecular formula is C10H19N3O2S2. The summed E-state index contributed by atoms with van der Waals surface area (Å²) in [7, 11) is -3.26. The number of nitrogens with one attached hydrogen (secondary N) is 2. The first-order valence-electron chi connectivity index (χ1n) is 5.55. The number of thiazole rings is 1. The van der Waals surface area contributed by atoms with Crippen molar-refractivity contribution in [3.05, 3.63) is 16.1 Å².